The second kappa shape index (κ2) is 11.9. The van der Waals surface area contributed by atoms with Crippen LogP contribution < -0.4 is 16.0 Å². The molecule has 2 unspecified atom stereocenters. The number of anilines is 3. The van der Waals surface area contributed by atoms with Crippen molar-refractivity contribution in [3.05, 3.63) is 41.0 Å². The SMILES string of the molecule is CC.Cc1nc2ccc(Nc3cc(NC4CCCC4F)c(C(=O)NC[C@@H](F)C(C)(C)O)cn3)cc2s1. The third kappa shape index (κ3) is 6.88. The molecule has 1 aromatic carbocycles. The van der Waals surface area contributed by atoms with Crippen molar-refractivity contribution < 1.29 is 18.7 Å². The van der Waals surface area contributed by atoms with Crippen LogP contribution in [0.25, 0.3) is 10.2 Å². The maximum Gasteiger partial charge on any atom is 0.255 e. The minimum atomic E-state index is -1.64. The van der Waals surface area contributed by atoms with Gasteiger partial charge >= 0.3 is 0 Å². The summed E-state index contributed by atoms with van der Waals surface area (Å²) in [4.78, 5) is 21.6. The molecule has 36 heavy (non-hydrogen) atoms. The van der Waals surface area contributed by atoms with Crippen molar-refractivity contribution in [1.82, 2.24) is 15.3 Å². The van der Waals surface area contributed by atoms with Crippen molar-refractivity contribution in [2.24, 2.45) is 0 Å². The number of fused-ring (bicyclic) bond motifs is 1. The predicted molar refractivity (Wildman–Crippen MR) is 143 cm³/mol. The molecule has 3 aromatic rings. The Labute approximate surface area is 214 Å². The Morgan fingerprint density at radius 2 is 2.03 bits per heavy atom. The fourth-order valence-electron chi connectivity index (χ4n) is 3.89. The first kappa shape index (κ1) is 27.7. The number of carbonyl (C=O) groups excluding carboxylic acids is 1. The Morgan fingerprint density at radius 1 is 1.28 bits per heavy atom. The van der Waals surface area contributed by atoms with Gasteiger partial charge in [-0.05, 0) is 58.2 Å². The molecule has 2 aromatic heterocycles. The second-order valence-corrected chi connectivity index (χ2v) is 10.4. The number of nitrogens with zero attached hydrogens (tertiary/aromatic N) is 2. The highest BCUT2D eigenvalue weighted by Gasteiger charge is 2.29. The fraction of sp³-hybridized carbons (Fsp3) is 0.500. The van der Waals surface area contributed by atoms with Crippen LogP contribution in [0.3, 0.4) is 0 Å². The van der Waals surface area contributed by atoms with Gasteiger partial charge in [0.2, 0.25) is 0 Å². The third-order valence-electron chi connectivity index (χ3n) is 5.90. The highest BCUT2D eigenvalue weighted by molar-refractivity contribution is 7.18. The number of thiazole rings is 1. The first-order chi connectivity index (χ1) is 17.1. The van der Waals surface area contributed by atoms with Crippen LogP contribution in [0.5, 0.6) is 0 Å². The summed E-state index contributed by atoms with van der Waals surface area (Å²) < 4.78 is 29.5. The number of pyridine rings is 1. The predicted octanol–water partition coefficient (Wildman–Crippen LogP) is 5.91. The van der Waals surface area contributed by atoms with Crippen LogP contribution in [0.4, 0.5) is 26.0 Å². The maximum atomic E-state index is 14.3. The van der Waals surface area contributed by atoms with Gasteiger partial charge in [0.05, 0.1) is 44.7 Å². The number of aryl methyl sites for hydroxylation is 1. The molecule has 0 radical (unpaired) electrons. The summed E-state index contributed by atoms with van der Waals surface area (Å²) in [5.41, 5.74) is 0.743. The number of hydrogen-bond acceptors (Lipinski definition) is 7. The average Bonchev–Trinajstić information content (AvgIpc) is 3.41. The van der Waals surface area contributed by atoms with E-state index < -0.39 is 29.9 Å². The number of halogens is 2. The Morgan fingerprint density at radius 3 is 2.69 bits per heavy atom. The van der Waals surface area contributed by atoms with E-state index >= 15 is 0 Å². The molecular weight excluding hydrogens is 484 g/mol. The van der Waals surface area contributed by atoms with Gasteiger partial charge < -0.3 is 21.1 Å². The van der Waals surface area contributed by atoms with Crippen LogP contribution in [0.1, 0.15) is 62.3 Å². The highest BCUT2D eigenvalue weighted by Crippen LogP contribution is 2.30. The van der Waals surface area contributed by atoms with E-state index in [1.807, 2.05) is 39.0 Å². The Balaban J connectivity index is 0.00000176. The smallest absolute Gasteiger partial charge is 0.255 e. The van der Waals surface area contributed by atoms with Crippen LogP contribution in [0.2, 0.25) is 0 Å². The molecule has 1 aliphatic carbocycles. The molecule has 0 spiro atoms. The van der Waals surface area contributed by atoms with Gasteiger partial charge in [0.1, 0.15) is 18.2 Å². The van der Waals surface area contributed by atoms with Gasteiger partial charge in [-0.2, -0.15) is 0 Å². The number of rotatable bonds is 8. The van der Waals surface area contributed by atoms with Gasteiger partial charge in [0.25, 0.3) is 5.91 Å². The molecule has 10 heteroatoms. The summed E-state index contributed by atoms with van der Waals surface area (Å²) in [5.74, 6) is -0.0729. The number of amides is 1. The number of aromatic nitrogens is 2. The number of alkyl halides is 2. The molecular formula is C26H35F2N5O2S. The molecule has 1 aliphatic rings. The molecule has 0 aliphatic heterocycles. The second-order valence-electron chi connectivity index (χ2n) is 9.18. The van der Waals surface area contributed by atoms with Crippen molar-refractivity contribution in [1.29, 1.82) is 0 Å². The lowest BCUT2D eigenvalue weighted by Crippen LogP contribution is -2.42. The third-order valence-corrected chi connectivity index (χ3v) is 6.83. The first-order valence-electron chi connectivity index (χ1n) is 12.3. The van der Waals surface area contributed by atoms with Crippen molar-refractivity contribution in [3.63, 3.8) is 0 Å². The number of hydrogen-bond donors (Lipinski definition) is 4. The molecule has 1 amide bonds. The van der Waals surface area contributed by atoms with Gasteiger partial charge in [0.15, 0.2) is 0 Å². The molecule has 4 N–H and O–H groups in total. The van der Waals surface area contributed by atoms with Gasteiger partial charge in [-0.3, -0.25) is 4.79 Å². The van der Waals surface area contributed by atoms with Crippen LogP contribution >= 0.6 is 11.3 Å². The zero-order chi connectivity index (χ0) is 26.5. The van der Waals surface area contributed by atoms with E-state index in [4.69, 9.17) is 0 Å². The largest absolute Gasteiger partial charge is 0.387 e. The summed E-state index contributed by atoms with van der Waals surface area (Å²) in [6, 6.07) is 7.03. The van der Waals surface area contributed by atoms with Gasteiger partial charge in [-0.25, -0.2) is 18.7 Å². The van der Waals surface area contributed by atoms with Crippen molar-refractivity contribution >= 4 is 44.7 Å². The van der Waals surface area contributed by atoms with E-state index in [0.717, 1.165) is 27.3 Å². The molecule has 7 nitrogen and oxygen atoms in total. The normalized spacial score (nSPS) is 18.3. The minimum Gasteiger partial charge on any atom is -0.387 e. The van der Waals surface area contributed by atoms with Gasteiger partial charge in [-0.1, -0.05) is 13.8 Å². The maximum absolute atomic E-state index is 14.3. The Bertz CT molecular complexity index is 1180. The summed E-state index contributed by atoms with van der Waals surface area (Å²) in [6.45, 7) is 8.27. The number of benzene rings is 1. The van der Waals surface area contributed by atoms with E-state index in [-0.39, 0.29) is 12.1 Å². The van der Waals surface area contributed by atoms with E-state index in [2.05, 4.69) is 25.9 Å². The van der Waals surface area contributed by atoms with Crippen molar-refractivity contribution in [2.75, 3.05) is 17.2 Å². The average molecular weight is 520 g/mol. The lowest BCUT2D eigenvalue weighted by molar-refractivity contribution is -0.00177. The monoisotopic (exact) mass is 519 g/mol. The van der Waals surface area contributed by atoms with Crippen molar-refractivity contribution in [3.8, 4) is 0 Å². The van der Waals surface area contributed by atoms with Gasteiger partial charge in [0, 0.05) is 18.0 Å². The summed E-state index contributed by atoms with van der Waals surface area (Å²) in [5, 5.41) is 19.6. The summed E-state index contributed by atoms with van der Waals surface area (Å²) >= 11 is 1.59. The molecule has 196 valence electrons. The van der Waals surface area contributed by atoms with E-state index in [0.29, 0.717) is 24.3 Å². The highest BCUT2D eigenvalue weighted by atomic mass is 32.1. The van der Waals surface area contributed by atoms with E-state index in [1.165, 1.54) is 20.0 Å². The van der Waals surface area contributed by atoms with Crippen LogP contribution in [-0.2, 0) is 0 Å². The number of aliphatic hydroxyl groups is 1. The Hall–Kier alpha value is -2.85. The molecule has 2 heterocycles. The quantitative estimate of drug-likeness (QED) is 0.295. The zero-order valence-corrected chi connectivity index (χ0v) is 22.2. The lowest BCUT2D eigenvalue weighted by Gasteiger charge is -2.23. The molecule has 1 fully saturated rings. The fourth-order valence-corrected chi connectivity index (χ4v) is 4.76. The minimum absolute atomic E-state index is 0.182. The van der Waals surface area contributed by atoms with Crippen molar-refractivity contribution in [2.45, 2.75) is 77.9 Å². The summed E-state index contributed by atoms with van der Waals surface area (Å²) in [6.07, 6.45) is 0.619. The molecule has 0 saturated heterocycles. The van der Waals surface area contributed by atoms with Crippen LogP contribution in [-0.4, -0.2) is 51.5 Å². The molecule has 1 saturated carbocycles. The van der Waals surface area contributed by atoms with Gasteiger partial charge in [-0.15, -0.1) is 11.3 Å². The summed E-state index contributed by atoms with van der Waals surface area (Å²) in [7, 11) is 0. The Kier molecular flexibility index (Phi) is 9.19. The number of carbonyl (C=O) groups is 1. The van der Waals surface area contributed by atoms with E-state index in [1.54, 1.807) is 17.4 Å². The lowest BCUT2D eigenvalue weighted by atomic mass is 10.0. The topological polar surface area (TPSA) is 99.2 Å². The van der Waals surface area contributed by atoms with Crippen LogP contribution in [0.15, 0.2) is 30.5 Å². The first-order valence-corrected chi connectivity index (χ1v) is 13.1. The zero-order valence-electron chi connectivity index (χ0n) is 21.4. The molecule has 4 rings (SSSR count). The molecule has 3 atom stereocenters. The van der Waals surface area contributed by atoms with E-state index in [9.17, 15) is 18.7 Å². The number of nitrogens with one attached hydrogen (secondary N) is 3. The van der Waals surface area contributed by atoms with Crippen LogP contribution in [0, 0.1) is 6.92 Å². The standard InChI is InChI=1S/C24H29F2N5O2S.C2H6/c1-13-29-18-8-7-14(9-20(18)34-13)30-22-10-19(31-17-6-4-5-16(17)25)15(11-27-22)23(32)28-12-21(26)24(2,3)33;1-2/h7-11,16-17,21,33H,4-6,12H2,1-3H3,(H,28,32)(H2,27,30,31);1-2H3/t16?,17?,21-;/m1./s1. The molecule has 0 bridgehead atoms.